The first kappa shape index (κ1) is 22.5. The summed E-state index contributed by atoms with van der Waals surface area (Å²) in [6, 6.07) is 23.5. The first-order chi connectivity index (χ1) is 15.2. The number of pyridine rings is 1. The van der Waals surface area contributed by atoms with E-state index in [1.807, 2.05) is 48.5 Å². The van der Waals surface area contributed by atoms with Gasteiger partial charge in [-0.25, -0.2) is 4.98 Å². The summed E-state index contributed by atoms with van der Waals surface area (Å²) in [5.74, 6) is -0.141. The van der Waals surface area contributed by atoms with Crippen LogP contribution in [0.5, 0.6) is 0 Å². The highest BCUT2D eigenvalue weighted by molar-refractivity contribution is 9.10. The number of hydrogen-bond donors (Lipinski definition) is 1. The highest BCUT2D eigenvalue weighted by Crippen LogP contribution is 2.29. The number of carbonyl (C=O) groups is 1. The Morgan fingerprint density at radius 1 is 0.969 bits per heavy atom. The molecule has 0 aliphatic rings. The molecule has 5 heteroatoms. The van der Waals surface area contributed by atoms with E-state index in [2.05, 4.69) is 66.3 Å². The van der Waals surface area contributed by atoms with E-state index in [1.54, 1.807) is 0 Å². The van der Waals surface area contributed by atoms with E-state index in [0.29, 0.717) is 17.1 Å². The van der Waals surface area contributed by atoms with Crippen molar-refractivity contribution < 1.29 is 4.79 Å². The lowest BCUT2D eigenvalue weighted by molar-refractivity contribution is 0.0952. The summed E-state index contributed by atoms with van der Waals surface area (Å²) in [7, 11) is 0. The summed E-state index contributed by atoms with van der Waals surface area (Å²) >= 11 is 9.48. The number of benzene rings is 3. The van der Waals surface area contributed by atoms with Crippen molar-refractivity contribution in [1.82, 2.24) is 10.3 Å². The molecule has 3 nitrogen and oxygen atoms in total. The van der Waals surface area contributed by atoms with E-state index in [9.17, 15) is 4.79 Å². The van der Waals surface area contributed by atoms with Gasteiger partial charge in [-0.1, -0.05) is 84.7 Å². The Morgan fingerprint density at radius 2 is 1.66 bits per heavy atom. The number of carbonyl (C=O) groups excluding carboxylic acids is 1. The summed E-state index contributed by atoms with van der Waals surface area (Å²) in [5, 5.41) is 4.51. The molecule has 1 aromatic heterocycles. The Labute approximate surface area is 202 Å². The Balaban J connectivity index is 1.71. The molecule has 0 saturated heterocycles. The average molecular weight is 508 g/mol. The van der Waals surface area contributed by atoms with E-state index < -0.39 is 0 Å². The van der Waals surface area contributed by atoms with Crippen LogP contribution < -0.4 is 5.32 Å². The lowest BCUT2D eigenvalue weighted by Gasteiger charge is -2.19. The van der Waals surface area contributed by atoms with Crippen molar-refractivity contribution in [2.75, 3.05) is 0 Å². The van der Waals surface area contributed by atoms with Crippen LogP contribution in [0.3, 0.4) is 0 Å². The van der Waals surface area contributed by atoms with Crippen LogP contribution in [-0.4, -0.2) is 10.9 Å². The summed E-state index contributed by atoms with van der Waals surface area (Å²) in [6.45, 7) is 7.00. The number of rotatable bonds is 4. The summed E-state index contributed by atoms with van der Waals surface area (Å²) in [5.41, 5.74) is 5.45. The quantitative estimate of drug-likeness (QED) is 0.310. The van der Waals surface area contributed by atoms with Crippen LogP contribution in [0.15, 0.2) is 77.3 Å². The molecule has 0 aliphatic heterocycles. The van der Waals surface area contributed by atoms with Gasteiger partial charge in [0.05, 0.1) is 16.8 Å². The predicted molar refractivity (Wildman–Crippen MR) is 136 cm³/mol. The number of fused-ring (bicyclic) bond motifs is 1. The third kappa shape index (κ3) is 5.03. The summed E-state index contributed by atoms with van der Waals surface area (Å²) in [4.78, 5) is 18.0. The Hall–Kier alpha value is -2.69. The van der Waals surface area contributed by atoms with Crippen molar-refractivity contribution in [3.8, 4) is 11.3 Å². The van der Waals surface area contributed by atoms with Gasteiger partial charge in [-0.15, -0.1) is 0 Å². The molecular weight excluding hydrogens is 484 g/mol. The number of aromatic nitrogens is 1. The molecule has 0 unspecified atom stereocenters. The molecule has 1 amide bonds. The number of nitrogens with zero attached hydrogens (tertiary/aromatic N) is 1. The molecule has 0 atom stereocenters. The normalized spacial score (nSPS) is 11.5. The molecule has 0 fully saturated rings. The van der Waals surface area contributed by atoms with Crippen LogP contribution >= 0.6 is 27.5 Å². The lowest BCUT2D eigenvalue weighted by Crippen LogP contribution is -2.23. The van der Waals surface area contributed by atoms with Crippen LogP contribution in [0.2, 0.25) is 5.02 Å². The standard InChI is InChI=1S/C27H24BrClN2O/c1-27(2,3)19-8-6-18(7-9-19)25-15-23(22-14-20(28)10-13-24(22)31-25)26(32)30-16-17-4-11-21(29)12-5-17/h4-15H,16H2,1-3H3,(H,30,32). The highest BCUT2D eigenvalue weighted by atomic mass is 79.9. The average Bonchev–Trinajstić information content (AvgIpc) is 2.77. The van der Waals surface area contributed by atoms with Gasteiger partial charge in [0.1, 0.15) is 0 Å². The largest absolute Gasteiger partial charge is 0.348 e. The second kappa shape index (κ2) is 9.05. The fraction of sp³-hybridized carbons (Fsp3) is 0.185. The Bertz CT molecular complexity index is 1280. The third-order valence-electron chi connectivity index (χ3n) is 5.43. The zero-order valence-corrected chi connectivity index (χ0v) is 20.6. The van der Waals surface area contributed by atoms with Crippen LogP contribution in [-0.2, 0) is 12.0 Å². The van der Waals surface area contributed by atoms with E-state index in [-0.39, 0.29) is 11.3 Å². The van der Waals surface area contributed by atoms with Crippen LogP contribution in [0.1, 0.15) is 42.3 Å². The number of halogens is 2. The topological polar surface area (TPSA) is 42.0 Å². The van der Waals surface area contributed by atoms with E-state index in [1.165, 1.54) is 5.56 Å². The molecule has 1 heterocycles. The van der Waals surface area contributed by atoms with E-state index in [4.69, 9.17) is 16.6 Å². The Kier molecular flexibility index (Phi) is 6.36. The van der Waals surface area contributed by atoms with Gasteiger partial charge < -0.3 is 5.32 Å². The molecule has 1 N–H and O–H groups in total. The third-order valence-corrected chi connectivity index (χ3v) is 6.17. The highest BCUT2D eigenvalue weighted by Gasteiger charge is 2.16. The van der Waals surface area contributed by atoms with Crippen LogP contribution in [0.25, 0.3) is 22.2 Å². The molecule has 32 heavy (non-hydrogen) atoms. The smallest absolute Gasteiger partial charge is 0.252 e. The van der Waals surface area contributed by atoms with Crippen molar-refractivity contribution in [2.45, 2.75) is 32.7 Å². The molecule has 4 aromatic rings. The van der Waals surface area contributed by atoms with Crippen LogP contribution in [0, 0.1) is 0 Å². The minimum atomic E-state index is -0.141. The number of nitrogens with one attached hydrogen (secondary N) is 1. The second-order valence-corrected chi connectivity index (χ2v) is 10.2. The van der Waals surface area contributed by atoms with Gasteiger partial charge in [-0.05, 0) is 52.9 Å². The van der Waals surface area contributed by atoms with E-state index >= 15 is 0 Å². The van der Waals surface area contributed by atoms with Gasteiger partial charge in [0.25, 0.3) is 5.91 Å². The second-order valence-electron chi connectivity index (χ2n) is 8.85. The summed E-state index contributed by atoms with van der Waals surface area (Å²) < 4.78 is 0.904. The molecule has 0 spiro atoms. The van der Waals surface area contributed by atoms with Crippen molar-refractivity contribution in [2.24, 2.45) is 0 Å². The number of amides is 1. The maximum absolute atomic E-state index is 13.2. The monoisotopic (exact) mass is 506 g/mol. The summed E-state index contributed by atoms with van der Waals surface area (Å²) in [6.07, 6.45) is 0. The van der Waals surface area contributed by atoms with Gasteiger partial charge in [0.2, 0.25) is 0 Å². The molecule has 0 aliphatic carbocycles. The molecule has 0 saturated carbocycles. The number of hydrogen-bond acceptors (Lipinski definition) is 2. The van der Waals surface area contributed by atoms with Crippen molar-refractivity contribution in [1.29, 1.82) is 0 Å². The molecule has 4 rings (SSSR count). The van der Waals surface area contributed by atoms with Crippen LogP contribution in [0.4, 0.5) is 0 Å². The fourth-order valence-electron chi connectivity index (χ4n) is 3.55. The predicted octanol–water partition coefficient (Wildman–Crippen LogP) is 7.55. The Morgan fingerprint density at radius 3 is 2.31 bits per heavy atom. The SMILES string of the molecule is CC(C)(C)c1ccc(-c2cc(C(=O)NCc3ccc(Cl)cc3)c3cc(Br)ccc3n2)cc1. The molecule has 0 radical (unpaired) electrons. The van der Waals surface area contributed by atoms with Crippen molar-refractivity contribution in [3.63, 3.8) is 0 Å². The fourth-order valence-corrected chi connectivity index (χ4v) is 4.04. The maximum atomic E-state index is 13.2. The lowest BCUT2D eigenvalue weighted by atomic mass is 9.86. The molecular formula is C27H24BrClN2O. The maximum Gasteiger partial charge on any atom is 0.252 e. The van der Waals surface area contributed by atoms with Gasteiger partial charge in [0, 0.05) is 27.0 Å². The van der Waals surface area contributed by atoms with Gasteiger partial charge >= 0.3 is 0 Å². The van der Waals surface area contributed by atoms with Crippen molar-refractivity contribution >= 4 is 44.3 Å². The van der Waals surface area contributed by atoms with Gasteiger partial charge in [0.15, 0.2) is 0 Å². The molecule has 0 bridgehead atoms. The zero-order valence-electron chi connectivity index (χ0n) is 18.2. The van der Waals surface area contributed by atoms with E-state index in [0.717, 1.165) is 32.2 Å². The van der Waals surface area contributed by atoms with Gasteiger partial charge in [-0.3, -0.25) is 4.79 Å². The molecule has 162 valence electrons. The zero-order chi connectivity index (χ0) is 22.9. The molecule has 3 aromatic carbocycles. The first-order valence-electron chi connectivity index (χ1n) is 10.4. The minimum Gasteiger partial charge on any atom is -0.348 e. The first-order valence-corrected chi connectivity index (χ1v) is 11.6. The minimum absolute atomic E-state index is 0.0777. The van der Waals surface area contributed by atoms with Crippen molar-refractivity contribution in [3.05, 3.63) is 99.0 Å². The van der Waals surface area contributed by atoms with Gasteiger partial charge in [-0.2, -0.15) is 0 Å².